The summed E-state index contributed by atoms with van der Waals surface area (Å²) < 4.78 is 1.73. The number of para-hydroxylation sites is 1. The lowest BCUT2D eigenvalue weighted by molar-refractivity contribution is 0.212. The van der Waals surface area contributed by atoms with Crippen molar-refractivity contribution in [3.8, 4) is 0 Å². The number of nitrogens with zero attached hydrogens (tertiary/aromatic N) is 3. The van der Waals surface area contributed by atoms with Crippen LogP contribution in [0.25, 0.3) is 10.9 Å². The zero-order chi connectivity index (χ0) is 21.2. The van der Waals surface area contributed by atoms with Crippen molar-refractivity contribution in [3.05, 3.63) is 112 Å². The van der Waals surface area contributed by atoms with Crippen LogP contribution >= 0.6 is 0 Å². The molecule has 5 rings (SSSR count). The minimum atomic E-state index is 0.0441. The first-order valence-corrected chi connectivity index (χ1v) is 10.9. The molecule has 0 aliphatic carbocycles. The van der Waals surface area contributed by atoms with Crippen LogP contribution < -0.4 is 10.5 Å². The van der Waals surface area contributed by atoms with Gasteiger partial charge in [-0.15, -0.1) is 0 Å². The smallest absolute Gasteiger partial charge is 0.252 e. The van der Waals surface area contributed by atoms with E-state index in [1.54, 1.807) is 10.6 Å². The highest BCUT2D eigenvalue weighted by Crippen LogP contribution is 2.31. The predicted octanol–water partition coefficient (Wildman–Crippen LogP) is 4.45. The molecule has 0 saturated carbocycles. The number of piperazine rings is 1. The van der Waals surface area contributed by atoms with Crippen LogP contribution in [0, 0.1) is 0 Å². The Balaban J connectivity index is 1.44. The molecule has 0 amide bonds. The Kier molecular flexibility index (Phi) is 5.31. The Morgan fingerprint density at radius 1 is 0.710 bits per heavy atom. The van der Waals surface area contributed by atoms with Gasteiger partial charge in [-0.25, -0.2) is 0 Å². The third-order valence-corrected chi connectivity index (χ3v) is 6.38. The van der Waals surface area contributed by atoms with Crippen LogP contribution in [-0.4, -0.2) is 35.6 Å². The Hall–Kier alpha value is -3.37. The molecule has 31 heavy (non-hydrogen) atoms. The van der Waals surface area contributed by atoms with Crippen molar-refractivity contribution in [3.63, 3.8) is 0 Å². The second kappa shape index (κ2) is 8.40. The molecular weight excluding hydrogens is 382 g/mol. The SMILES string of the molecule is Cn1c(=O)cc(N2CCN(C(c3ccccc3)c3ccccc3)CC2)c2ccccc21. The molecule has 0 spiro atoms. The summed E-state index contributed by atoms with van der Waals surface area (Å²) in [5.74, 6) is 0. The summed E-state index contributed by atoms with van der Waals surface area (Å²) in [7, 11) is 1.84. The largest absolute Gasteiger partial charge is 0.368 e. The molecule has 0 atom stereocenters. The first-order chi connectivity index (χ1) is 15.2. The van der Waals surface area contributed by atoms with Crippen LogP contribution in [0.3, 0.4) is 0 Å². The molecule has 1 aliphatic heterocycles. The summed E-state index contributed by atoms with van der Waals surface area (Å²) in [4.78, 5) is 17.5. The maximum Gasteiger partial charge on any atom is 0.252 e. The van der Waals surface area contributed by atoms with Crippen LogP contribution in [0.4, 0.5) is 5.69 Å². The monoisotopic (exact) mass is 409 g/mol. The van der Waals surface area contributed by atoms with Crippen molar-refractivity contribution in [1.82, 2.24) is 9.47 Å². The summed E-state index contributed by atoms with van der Waals surface area (Å²) in [5.41, 5.74) is 4.72. The van der Waals surface area contributed by atoms with Gasteiger partial charge in [0.25, 0.3) is 5.56 Å². The first-order valence-electron chi connectivity index (χ1n) is 10.9. The summed E-state index contributed by atoms with van der Waals surface area (Å²) in [6.07, 6.45) is 0. The number of aromatic nitrogens is 1. The number of anilines is 1. The van der Waals surface area contributed by atoms with E-state index in [0.29, 0.717) is 0 Å². The summed E-state index contributed by atoms with van der Waals surface area (Å²) in [6.45, 7) is 3.68. The molecule has 0 radical (unpaired) electrons. The summed E-state index contributed by atoms with van der Waals surface area (Å²) in [6, 6.07) is 31.7. The van der Waals surface area contributed by atoms with Gasteiger partial charge in [0.15, 0.2) is 0 Å². The molecule has 1 saturated heterocycles. The Labute approximate surface area is 183 Å². The Morgan fingerprint density at radius 3 is 1.87 bits per heavy atom. The van der Waals surface area contributed by atoms with E-state index in [2.05, 4.69) is 76.5 Å². The van der Waals surface area contributed by atoms with E-state index in [9.17, 15) is 4.79 Å². The van der Waals surface area contributed by atoms with Crippen molar-refractivity contribution in [1.29, 1.82) is 0 Å². The van der Waals surface area contributed by atoms with Gasteiger partial charge in [0.05, 0.1) is 17.2 Å². The van der Waals surface area contributed by atoms with Crippen LogP contribution in [-0.2, 0) is 7.05 Å². The van der Waals surface area contributed by atoms with Crippen molar-refractivity contribution < 1.29 is 0 Å². The molecule has 3 aromatic carbocycles. The highest BCUT2D eigenvalue weighted by molar-refractivity contribution is 5.92. The maximum absolute atomic E-state index is 12.6. The van der Waals surface area contributed by atoms with Gasteiger partial charge >= 0.3 is 0 Å². The van der Waals surface area contributed by atoms with E-state index in [-0.39, 0.29) is 11.6 Å². The lowest BCUT2D eigenvalue weighted by Crippen LogP contribution is -2.48. The second-order valence-electron chi connectivity index (χ2n) is 8.19. The highest BCUT2D eigenvalue weighted by Gasteiger charge is 2.27. The number of pyridine rings is 1. The number of hydrogen-bond donors (Lipinski definition) is 0. The van der Waals surface area contributed by atoms with Gasteiger partial charge in [-0.05, 0) is 17.2 Å². The average molecular weight is 410 g/mol. The maximum atomic E-state index is 12.6. The van der Waals surface area contributed by atoms with E-state index in [0.717, 1.165) is 42.8 Å². The van der Waals surface area contributed by atoms with E-state index in [1.807, 2.05) is 25.2 Å². The van der Waals surface area contributed by atoms with Crippen LogP contribution in [0.5, 0.6) is 0 Å². The van der Waals surface area contributed by atoms with Gasteiger partial charge in [-0.1, -0.05) is 78.9 Å². The fourth-order valence-electron chi connectivity index (χ4n) is 4.76. The van der Waals surface area contributed by atoms with E-state index in [1.165, 1.54) is 11.1 Å². The van der Waals surface area contributed by atoms with E-state index in [4.69, 9.17) is 0 Å². The fraction of sp³-hybridized carbons (Fsp3) is 0.222. The van der Waals surface area contributed by atoms with E-state index >= 15 is 0 Å². The van der Waals surface area contributed by atoms with Crippen molar-refractivity contribution >= 4 is 16.6 Å². The summed E-state index contributed by atoms with van der Waals surface area (Å²) in [5, 5.41) is 1.14. The third-order valence-electron chi connectivity index (χ3n) is 6.38. The quantitative estimate of drug-likeness (QED) is 0.499. The standard InChI is InChI=1S/C27H27N3O/c1-28-24-15-9-8-14-23(24)25(20-26(28)31)29-16-18-30(19-17-29)27(21-10-4-2-5-11-21)22-12-6-3-7-13-22/h2-15,20,27H,16-19H2,1H3. The van der Waals surface area contributed by atoms with Crippen molar-refractivity contribution in [2.45, 2.75) is 6.04 Å². The third kappa shape index (κ3) is 3.75. The van der Waals surface area contributed by atoms with Gasteiger partial charge in [0.2, 0.25) is 0 Å². The predicted molar refractivity (Wildman–Crippen MR) is 128 cm³/mol. The van der Waals surface area contributed by atoms with Gasteiger partial charge in [0, 0.05) is 44.7 Å². The Morgan fingerprint density at radius 2 is 1.26 bits per heavy atom. The van der Waals surface area contributed by atoms with Crippen molar-refractivity contribution in [2.75, 3.05) is 31.1 Å². The fourth-order valence-corrected chi connectivity index (χ4v) is 4.76. The van der Waals surface area contributed by atoms with Crippen LogP contribution in [0.2, 0.25) is 0 Å². The molecular formula is C27H27N3O. The molecule has 1 fully saturated rings. The van der Waals surface area contributed by atoms with Crippen LogP contribution in [0.15, 0.2) is 95.8 Å². The lowest BCUT2D eigenvalue weighted by Gasteiger charge is -2.41. The second-order valence-corrected chi connectivity index (χ2v) is 8.19. The number of aryl methyl sites for hydroxylation is 1. The molecule has 4 aromatic rings. The number of fused-ring (bicyclic) bond motifs is 1. The molecule has 0 bridgehead atoms. The average Bonchev–Trinajstić information content (AvgIpc) is 2.84. The van der Waals surface area contributed by atoms with Gasteiger partial charge < -0.3 is 9.47 Å². The van der Waals surface area contributed by atoms with E-state index < -0.39 is 0 Å². The topological polar surface area (TPSA) is 28.5 Å². The molecule has 1 aliphatic rings. The normalized spacial score (nSPS) is 15.0. The van der Waals surface area contributed by atoms with Gasteiger partial charge in [-0.2, -0.15) is 0 Å². The summed E-state index contributed by atoms with van der Waals surface area (Å²) >= 11 is 0. The molecule has 0 N–H and O–H groups in total. The van der Waals surface area contributed by atoms with Gasteiger partial charge in [-0.3, -0.25) is 9.69 Å². The minimum Gasteiger partial charge on any atom is -0.368 e. The number of rotatable bonds is 4. The first kappa shape index (κ1) is 19.6. The molecule has 4 heteroatoms. The van der Waals surface area contributed by atoms with Gasteiger partial charge in [0.1, 0.15) is 0 Å². The highest BCUT2D eigenvalue weighted by atomic mass is 16.1. The Bertz CT molecular complexity index is 1190. The number of benzene rings is 3. The molecule has 156 valence electrons. The molecule has 0 unspecified atom stereocenters. The zero-order valence-electron chi connectivity index (χ0n) is 17.8. The zero-order valence-corrected chi connectivity index (χ0v) is 17.8. The van der Waals surface area contributed by atoms with Crippen LogP contribution in [0.1, 0.15) is 17.2 Å². The molecule has 4 nitrogen and oxygen atoms in total. The minimum absolute atomic E-state index is 0.0441. The molecule has 2 heterocycles. The molecule has 1 aromatic heterocycles. The lowest BCUT2D eigenvalue weighted by atomic mass is 9.96. The van der Waals surface area contributed by atoms with Crippen molar-refractivity contribution in [2.24, 2.45) is 7.05 Å². The number of hydrogen-bond acceptors (Lipinski definition) is 3.